The molecule has 0 heterocycles. The van der Waals surface area contributed by atoms with Crippen LogP contribution in [0.5, 0.6) is 0 Å². The van der Waals surface area contributed by atoms with Gasteiger partial charge in [0, 0.05) is 18.2 Å². The molecular formula is C20H26N2. The molecule has 3 rings (SSSR count). The van der Waals surface area contributed by atoms with Gasteiger partial charge in [-0.15, -0.1) is 0 Å². The van der Waals surface area contributed by atoms with Crippen LogP contribution in [0.2, 0.25) is 0 Å². The van der Waals surface area contributed by atoms with Crippen molar-refractivity contribution in [3.8, 4) is 0 Å². The summed E-state index contributed by atoms with van der Waals surface area (Å²) in [6, 6.07) is 17.0. The molecule has 0 saturated heterocycles. The van der Waals surface area contributed by atoms with E-state index in [9.17, 15) is 0 Å². The third-order valence-corrected chi connectivity index (χ3v) is 4.11. The van der Waals surface area contributed by atoms with Crippen molar-refractivity contribution in [2.24, 2.45) is 5.73 Å². The first-order valence-corrected chi connectivity index (χ1v) is 8.07. The second-order valence-corrected chi connectivity index (χ2v) is 5.39. The fraction of sp³-hybridized carbons (Fsp3) is 0.300. The Bertz CT molecular complexity index is 671. The molecule has 2 heteroatoms. The van der Waals surface area contributed by atoms with Gasteiger partial charge in [-0.3, -0.25) is 0 Å². The number of benzene rings is 2. The summed E-state index contributed by atoms with van der Waals surface area (Å²) in [5, 5.41) is 3.29. The van der Waals surface area contributed by atoms with Crippen LogP contribution >= 0.6 is 0 Å². The molecule has 0 amide bonds. The molecule has 0 saturated carbocycles. The van der Waals surface area contributed by atoms with Gasteiger partial charge < -0.3 is 11.1 Å². The van der Waals surface area contributed by atoms with Gasteiger partial charge in [0.05, 0.1) is 11.4 Å². The molecule has 1 aliphatic carbocycles. The van der Waals surface area contributed by atoms with Gasteiger partial charge in [-0.1, -0.05) is 69.3 Å². The van der Waals surface area contributed by atoms with Crippen LogP contribution in [0.15, 0.2) is 48.5 Å². The van der Waals surface area contributed by atoms with Crippen LogP contribution in [0.3, 0.4) is 0 Å². The number of hydrogen-bond acceptors (Lipinski definition) is 2. The lowest BCUT2D eigenvalue weighted by Gasteiger charge is -2.25. The lowest BCUT2D eigenvalue weighted by Crippen LogP contribution is -2.18. The smallest absolute Gasteiger partial charge is 0.0654 e. The molecular weight excluding hydrogens is 268 g/mol. The van der Waals surface area contributed by atoms with E-state index >= 15 is 0 Å². The van der Waals surface area contributed by atoms with Gasteiger partial charge in [0.25, 0.3) is 0 Å². The van der Waals surface area contributed by atoms with Crippen LogP contribution in [-0.2, 0) is 6.42 Å². The van der Waals surface area contributed by atoms with E-state index < -0.39 is 0 Å². The highest BCUT2D eigenvalue weighted by atomic mass is 14.9. The Labute approximate surface area is 134 Å². The van der Waals surface area contributed by atoms with Gasteiger partial charge in [0.15, 0.2) is 0 Å². The minimum Gasteiger partial charge on any atom is -0.397 e. The number of nitrogens with one attached hydrogen (secondary N) is 1. The van der Waals surface area contributed by atoms with Crippen LogP contribution in [0.4, 0.5) is 0 Å². The van der Waals surface area contributed by atoms with Crippen LogP contribution < -0.4 is 11.1 Å². The lowest BCUT2D eigenvalue weighted by atomic mass is 9.84. The Morgan fingerprint density at radius 3 is 2.23 bits per heavy atom. The summed E-state index contributed by atoms with van der Waals surface area (Å²) < 4.78 is 0. The van der Waals surface area contributed by atoms with Gasteiger partial charge in [0.1, 0.15) is 0 Å². The Morgan fingerprint density at radius 1 is 0.955 bits per heavy atom. The predicted molar refractivity (Wildman–Crippen MR) is 96.4 cm³/mol. The van der Waals surface area contributed by atoms with E-state index in [4.69, 9.17) is 5.73 Å². The van der Waals surface area contributed by atoms with Crippen molar-refractivity contribution in [1.29, 1.82) is 0 Å². The molecule has 0 aliphatic heterocycles. The lowest BCUT2D eigenvalue weighted by molar-refractivity contribution is 0.752. The largest absolute Gasteiger partial charge is 0.397 e. The second-order valence-electron chi connectivity index (χ2n) is 5.39. The van der Waals surface area contributed by atoms with Gasteiger partial charge in [-0.2, -0.15) is 0 Å². The number of fused-ring (bicyclic) bond motifs is 2. The Hall–Kier alpha value is -2.22. The minimum atomic E-state index is 0.462. The van der Waals surface area contributed by atoms with E-state index in [0.29, 0.717) is 5.92 Å². The number of rotatable bonds is 1. The summed E-state index contributed by atoms with van der Waals surface area (Å²) >= 11 is 0. The number of nitrogens with two attached hydrogens (primary N) is 1. The molecule has 2 nitrogen and oxygen atoms in total. The molecule has 2 aromatic carbocycles. The van der Waals surface area contributed by atoms with Crippen molar-refractivity contribution < 1.29 is 0 Å². The average molecular weight is 294 g/mol. The van der Waals surface area contributed by atoms with Gasteiger partial charge in [0.2, 0.25) is 0 Å². The molecule has 2 aromatic rings. The van der Waals surface area contributed by atoms with E-state index in [-0.39, 0.29) is 0 Å². The van der Waals surface area contributed by atoms with Crippen LogP contribution in [0.25, 0.3) is 11.4 Å². The van der Waals surface area contributed by atoms with Crippen LogP contribution in [0, 0.1) is 0 Å². The van der Waals surface area contributed by atoms with Crippen molar-refractivity contribution in [2.45, 2.75) is 33.1 Å². The zero-order chi connectivity index (χ0) is 16.1. The Balaban J connectivity index is 0.000000847. The van der Waals surface area contributed by atoms with E-state index in [0.717, 1.165) is 23.4 Å². The average Bonchev–Trinajstić information content (AvgIpc) is 2.57. The molecule has 0 bridgehead atoms. The molecule has 22 heavy (non-hydrogen) atoms. The molecule has 1 atom stereocenters. The monoisotopic (exact) mass is 294 g/mol. The summed E-state index contributed by atoms with van der Waals surface area (Å²) in [5.74, 6) is 0.462. The zero-order valence-electron chi connectivity index (χ0n) is 14.0. The highest BCUT2D eigenvalue weighted by Crippen LogP contribution is 2.34. The maximum Gasteiger partial charge on any atom is 0.0654 e. The van der Waals surface area contributed by atoms with E-state index in [1.54, 1.807) is 0 Å². The molecule has 0 fully saturated rings. The SMILES string of the molecule is CC.CN/C1=C(\N)c2ccccc2C(C)Cc2ccccc21. The maximum atomic E-state index is 6.46. The number of hydrogen-bond donors (Lipinski definition) is 2. The van der Waals surface area contributed by atoms with Gasteiger partial charge in [-0.25, -0.2) is 0 Å². The molecule has 0 spiro atoms. The van der Waals surface area contributed by atoms with Crippen LogP contribution in [-0.4, -0.2) is 7.05 Å². The summed E-state index contributed by atoms with van der Waals surface area (Å²) in [5.41, 5.74) is 13.4. The highest BCUT2D eigenvalue weighted by molar-refractivity contribution is 5.90. The van der Waals surface area contributed by atoms with Crippen molar-refractivity contribution in [3.05, 3.63) is 70.8 Å². The van der Waals surface area contributed by atoms with Crippen LogP contribution in [0.1, 0.15) is 48.9 Å². The van der Waals surface area contributed by atoms with E-state index in [1.807, 2.05) is 20.9 Å². The van der Waals surface area contributed by atoms with Gasteiger partial charge >= 0.3 is 0 Å². The molecule has 1 unspecified atom stereocenters. The van der Waals surface area contributed by atoms with Gasteiger partial charge in [-0.05, 0) is 23.5 Å². The van der Waals surface area contributed by atoms with Crippen molar-refractivity contribution in [1.82, 2.24) is 5.32 Å². The second kappa shape index (κ2) is 7.17. The summed E-state index contributed by atoms with van der Waals surface area (Å²) in [4.78, 5) is 0. The quantitative estimate of drug-likeness (QED) is 0.819. The topological polar surface area (TPSA) is 38.0 Å². The third kappa shape index (κ3) is 2.87. The highest BCUT2D eigenvalue weighted by Gasteiger charge is 2.21. The van der Waals surface area contributed by atoms with Crippen molar-refractivity contribution >= 4 is 11.4 Å². The summed E-state index contributed by atoms with van der Waals surface area (Å²) in [7, 11) is 1.94. The summed E-state index contributed by atoms with van der Waals surface area (Å²) in [6.07, 6.45) is 1.03. The van der Waals surface area contributed by atoms with Crippen molar-refractivity contribution in [2.75, 3.05) is 7.05 Å². The minimum absolute atomic E-state index is 0.462. The molecule has 0 aromatic heterocycles. The standard InChI is InChI=1S/C18H20N2.C2H6/c1-12-11-13-7-3-4-9-15(13)18(20-2)17(19)16-10-6-5-8-14(12)16;1-2/h3-10,12,20H,11,19H2,1-2H3;1-2H3/b18-17-;. The molecule has 1 aliphatic rings. The fourth-order valence-electron chi connectivity index (χ4n) is 3.10. The maximum absolute atomic E-state index is 6.46. The normalized spacial score (nSPS) is 19.7. The molecule has 116 valence electrons. The first kappa shape index (κ1) is 16.2. The zero-order valence-corrected chi connectivity index (χ0v) is 14.0. The summed E-state index contributed by atoms with van der Waals surface area (Å²) in [6.45, 7) is 6.27. The van der Waals surface area contributed by atoms with E-state index in [2.05, 4.69) is 60.8 Å². The first-order chi connectivity index (χ1) is 10.7. The van der Waals surface area contributed by atoms with E-state index in [1.165, 1.54) is 16.7 Å². The Kier molecular flexibility index (Phi) is 5.26. The molecule has 3 N–H and O–H groups in total. The molecule has 0 radical (unpaired) electrons. The Morgan fingerprint density at radius 2 is 1.55 bits per heavy atom. The predicted octanol–water partition coefficient (Wildman–Crippen LogP) is 4.38. The first-order valence-electron chi connectivity index (χ1n) is 8.07. The fourth-order valence-corrected chi connectivity index (χ4v) is 3.10. The third-order valence-electron chi connectivity index (χ3n) is 4.11. The van der Waals surface area contributed by atoms with Crippen molar-refractivity contribution in [3.63, 3.8) is 0 Å².